The van der Waals surface area contributed by atoms with Gasteiger partial charge in [0.2, 0.25) is 0 Å². The molecule has 0 saturated carbocycles. The molecule has 0 fully saturated rings. The van der Waals surface area contributed by atoms with Crippen LogP contribution in [-0.4, -0.2) is 5.78 Å². The van der Waals surface area contributed by atoms with Gasteiger partial charge in [-0.05, 0) is 16.7 Å². The van der Waals surface area contributed by atoms with Crippen LogP contribution in [0.25, 0.3) is 17.2 Å². The van der Waals surface area contributed by atoms with Crippen LogP contribution in [0.2, 0.25) is 0 Å². The summed E-state index contributed by atoms with van der Waals surface area (Å²) in [6, 6.07) is 15.7. The molecule has 18 heavy (non-hydrogen) atoms. The highest BCUT2D eigenvalue weighted by Gasteiger charge is 2.11. The Labute approximate surface area is 108 Å². The minimum absolute atomic E-state index is 0.171. The van der Waals surface area contributed by atoms with Crippen LogP contribution in [0.3, 0.4) is 0 Å². The number of hydrogen-bond acceptors (Lipinski definition) is 1. The first-order valence-corrected chi connectivity index (χ1v) is 6.12. The molecule has 0 radical (unpaired) electrons. The van der Waals surface area contributed by atoms with Crippen molar-refractivity contribution in [2.75, 3.05) is 0 Å². The van der Waals surface area contributed by atoms with Gasteiger partial charge in [-0.25, -0.2) is 0 Å². The van der Waals surface area contributed by atoms with Crippen molar-refractivity contribution in [2.24, 2.45) is 0 Å². The van der Waals surface area contributed by atoms with Crippen molar-refractivity contribution in [3.8, 4) is 11.1 Å². The van der Waals surface area contributed by atoms with E-state index in [0.29, 0.717) is 6.42 Å². The summed E-state index contributed by atoms with van der Waals surface area (Å²) in [6.45, 7) is 5.71. The Kier molecular flexibility index (Phi) is 3.73. The molecular weight excluding hydrogens is 220 g/mol. The summed E-state index contributed by atoms with van der Waals surface area (Å²) in [4.78, 5) is 12.0. The van der Waals surface area contributed by atoms with Crippen molar-refractivity contribution in [3.63, 3.8) is 0 Å². The lowest BCUT2D eigenvalue weighted by Gasteiger charge is -2.10. The van der Waals surface area contributed by atoms with Crippen LogP contribution in [0, 0.1) is 0 Å². The molecule has 0 spiro atoms. The summed E-state index contributed by atoms with van der Waals surface area (Å²) < 4.78 is 0. The monoisotopic (exact) mass is 236 g/mol. The summed E-state index contributed by atoms with van der Waals surface area (Å²) in [5.74, 6) is 0.171. The average molecular weight is 236 g/mol. The lowest BCUT2D eigenvalue weighted by atomic mass is 9.93. The minimum Gasteiger partial charge on any atom is -0.294 e. The molecule has 2 aromatic carbocycles. The highest BCUT2D eigenvalue weighted by Crippen LogP contribution is 2.28. The zero-order chi connectivity index (χ0) is 13.0. The first-order chi connectivity index (χ1) is 8.77. The molecular formula is C17H16O. The predicted octanol–water partition coefficient (Wildman–Crippen LogP) is 4.59. The fraction of sp³-hybridized carbons (Fsp3) is 0.118. The minimum atomic E-state index is 0.171. The van der Waals surface area contributed by atoms with Crippen molar-refractivity contribution in [3.05, 3.63) is 66.2 Å². The highest BCUT2D eigenvalue weighted by atomic mass is 16.1. The van der Waals surface area contributed by atoms with E-state index < -0.39 is 0 Å². The Bertz CT molecular complexity index is 582. The van der Waals surface area contributed by atoms with Gasteiger partial charge in [0.25, 0.3) is 0 Å². The number of carbonyl (C=O) groups excluding carboxylic acids is 1. The molecule has 0 bridgehead atoms. The van der Waals surface area contributed by atoms with Crippen LogP contribution in [-0.2, 0) is 0 Å². The predicted molar refractivity (Wildman–Crippen MR) is 76.6 cm³/mol. The summed E-state index contributed by atoms with van der Waals surface area (Å²) in [5, 5.41) is 0. The quantitative estimate of drug-likeness (QED) is 0.709. The largest absolute Gasteiger partial charge is 0.294 e. The molecule has 0 aliphatic heterocycles. The summed E-state index contributed by atoms with van der Waals surface area (Å²) in [5.41, 5.74) is 3.88. The van der Waals surface area contributed by atoms with E-state index in [2.05, 4.69) is 6.58 Å². The van der Waals surface area contributed by atoms with E-state index in [1.54, 1.807) is 0 Å². The Morgan fingerprint density at radius 2 is 1.67 bits per heavy atom. The number of hydrogen-bond donors (Lipinski definition) is 0. The Hall–Kier alpha value is -2.15. The van der Waals surface area contributed by atoms with E-state index in [4.69, 9.17) is 0 Å². The average Bonchev–Trinajstić information content (AvgIpc) is 2.46. The van der Waals surface area contributed by atoms with Crippen molar-refractivity contribution in [2.45, 2.75) is 13.3 Å². The van der Waals surface area contributed by atoms with Crippen LogP contribution in [0.4, 0.5) is 0 Å². The molecule has 0 unspecified atom stereocenters. The fourth-order valence-electron chi connectivity index (χ4n) is 2.07. The third kappa shape index (κ3) is 2.25. The second-order valence-corrected chi connectivity index (χ2v) is 4.11. The van der Waals surface area contributed by atoms with Gasteiger partial charge >= 0.3 is 0 Å². The van der Waals surface area contributed by atoms with Crippen molar-refractivity contribution >= 4 is 11.9 Å². The second kappa shape index (κ2) is 5.46. The molecule has 0 aromatic heterocycles. The number of Topliss-reactive ketones (excluding diaryl/α,β-unsaturated/α-hetero) is 1. The Balaban J connectivity index is 2.64. The van der Waals surface area contributed by atoms with Gasteiger partial charge in [-0.1, -0.05) is 68.1 Å². The SMILES string of the molecule is C=Cc1ccccc1-c1ccccc1C(=O)CC. The number of ketones is 1. The maximum atomic E-state index is 12.0. The van der Waals surface area contributed by atoms with E-state index in [-0.39, 0.29) is 5.78 Å². The molecule has 0 amide bonds. The van der Waals surface area contributed by atoms with Gasteiger partial charge in [0.15, 0.2) is 5.78 Å². The van der Waals surface area contributed by atoms with E-state index >= 15 is 0 Å². The van der Waals surface area contributed by atoms with Crippen LogP contribution < -0.4 is 0 Å². The van der Waals surface area contributed by atoms with E-state index in [0.717, 1.165) is 22.3 Å². The van der Waals surface area contributed by atoms with Crippen molar-refractivity contribution in [1.29, 1.82) is 0 Å². The molecule has 1 heteroatoms. The summed E-state index contributed by atoms with van der Waals surface area (Å²) >= 11 is 0. The topological polar surface area (TPSA) is 17.1 Å². The molecule has 0 heterocycles. The third-order valence-corrected chi connectivity index (χ3v) is 3.02. The Morgan fingerprint density at radius 1 is 1.06 bits per heavy atom. The lowest BCUT2D eigenvalue weighted by molar-refractivity contribution is 0.0989. The first kappa shape index (κ1) is 12.3. The van der Waals surface area contributed by atoms with Gasteiger partial charge in [-0.2, -0.15) is 0 Å². The number of carbonyl (C=O) groups is 1. The second-order valence-electron chi connectivity index (χ2n) is 4.11. The Morgan fingerprint density at radius 3 is 2.33 bits per heavy atom. The van der Waals surface area contributed by atoms with Gasteiger partial charge in [-0.3, -0.25) is 4.79 Å². The van der Waals surface area contributed by atoms with Crippen LogP contribution >= 0.6 is 0 Å². The molecule has 0 atom stereocenters. The van der Waals surface area contributed by atoms with Crippen LogP contribution in [0.5, 0.6) is 0 Å². The van der Waals surface area contributed by atoms with Crippen molar-refractivity contribution in [1.82, 2.24) is 0 Å². The van der Waals surface area contributed by atoms with E-state index in [1.807, 2.05) is 61.5 Å². The molecule has 2 aromatic rings. The molecule has 1 nitrogen and oxygen atoms in total. The maximum Gasteiger partial charge on any atom is 0.163 e. The van der Waals surface area contributed by atoms with E-state index in [9.17, 15) is 4.79 Å². The van der Waals surface area contributed by atoms with Gasteiger partial charge < -0.3 is 0 Å². The van der Waals surface area contributed by atoms with Gasteiger partial charge in [0.1, 0.15) is 0 Å². The molecule has 0 aliphatic carbocycles. The first-order valence-electron chi connectivity index (χ1n) is 6.12. The molecule has 0 N–H and O–H groups in total. The summed E-state index contributed by atoms with van der Waals surface area (Å²) in [7, 11) is 0. The smallest absolute Gasteiger partial charge is 0.163 e. The fourth-order valence-corrected chi connectivity index (χ4v) is 2.07. The summed E-state index contributed by atoms with van der Waals surface area (Å²) in [6.07, 6.45) is 2.34. The molecule has 90 valence electrons. The van der Waals surface area contributed by atoms with Crippen molar-refractivity contribution < 1.29 is 4.79 Å². The van der Waals surface area contributed by atoms with Crippen LogP contribution in [0.15, 0.2) is 55.1 Å². The maximum absolute atomic E-state index is 12.0. The standard InChI is InChI=1S/C17H16O/c1-3-13-9-5-6-10-14(13)15-11-7-8-12-16(15)17(18)4-2/h3,5-12H,1,4H2,2H3. The molecule has 0 aliphatic rings. The van der Waals surface area contributed by atoms with Gasteiger partial charge in [-0.15, -0.1) is 0 Å². The number of rotatable bonds is 4. The normalized spacial score (nSPS) is 10.1. The molecule has 0 saturated heterocycles. The number of benzene rings is 2. The van der Waals surface area contributed by atoms with Crippen LogP contribution in [0.1, 0.15) is 29.3 Å². The zero-order valence-corrected chi connectivity index (χ0v) is 10.5. The zero-order valence-electron chi connectivity index (χ0n) is 10.5. The highest BCUT2D eigenvalue weighted by molar-refractivity contribution is 6.02. The third-order valence-electron chi connectivity index (χ3n) is 3.02. The van der Waals surface area contributed by atoms with Gasteiger partial charge in [0.05, 0.1) is 0 Å². The van der Waals surface area contributed by atoms with E-state index in [1.165, 1.54) is 0 Å². The molecule has 2 rings (SSSR count). The van der Waals surface area contributed by atoms with Gasteiger partial charge in [0, 0.05) is 12.0 Å². The lowest BCUT2D eigenvalue weighted by Crippen LogP contribution is -1.99.